The van der Waals surface area contributed by atoms with Crippen LogP contribution in [-0.2, 0) is 0 Å². The zero-order chi connectivity index (χ0) is 23.2. The van der Waals surface area contributed by atoms with E-state index >= 15 is 0 Å². The van der Waals surface area contributed by atoms with Gasteiger partial charge in [-0.3, -0.25) is 9.78 Å². The highest BCUT2D eigenvalue weighted by molar-refractivity contribution is 5.94. The van der Waals surface area contributed by atoms with Crippen molar-refractivity contribution in [3.63, 3.8) is 0 Å². The molecule has 33 heavy (non-hydrogen) atoms. The Labute approximate surface area is 194 Å². The van der Waals surface area contributed by atoms with Gasteiger partial charge < -0.3 is 5.32 Å². The minimum absolute atomic E-state index is 0.0520. The van der Waals surface area contributed by atoms with Crippen LogP contribution in [0.5, 0.6) is 0 Å². The molecule has 0 radical (unpaired) electrons. The molecule has 2 aromatic carbocycles. The number of carbonyl (C=O) groups excluding carboxylic acids is 1. The fourth-order valence-corrected chi connectivity index (χ4v) is 6.14. The maximum absolute atomic E-state index is 13.9. The molecule has 2 saturated carbocycles. The summed E-state index contributed by atoms with van der Waals surface area (Å²) < 4.78 is 13.9. The molecule has 2 unspecified atom stereocenters. The van der Waals surface area contributed by atoms with Crippen molar-refractivity contribution >= 4 is 16.8 Å². The van der Waals surface area contributed by atoms with Crippen molar-refractivity contribution in [2.75, 3.05) is 0 Å². The molecule has 0 aliphatic heterocycles. The molecule has 4 heteroatoms. The summed E-state index contributed by atoms with van der Waals surface area (Å²) in [6.07, 6.45) is 11.7. The Hall–Kier alpha value is -3.19. The number of terminal acetylenes is 1. The van der Waals surface area contributed by atoms with Crippen molar-refractivity contribution in [1.82, 2.24) is 10.3 Å². The van der Waals surface area contributed by atoms with Crippen molar-refractivity contribution in [2.45, 2.75) is 51.0 Å². The number of benzene rings is 2. The number of amides is 1. The fourth-order valence-electron chi connectivity index (χ4n) is 6.14. The van der Waals surface area contributed by atoms with Crippen molar-refractivity contribution in [1.29, 1.82) is 0 Å². The summed E-state index contributed by atoms with van der Waals surface area (Å²) in [6.45, 7) is 4.28. The first-order chi connectivity index (χ1) is 15.8. The fraction of sp³-hybridized carbons (Fsp3) is 0.379. The largest absolute Gasteiger partial charge is 0.347 e. The topological polar surface area (TPSA) is 42.0 Å². The predicted molar refractivity (Wildman–Crippen MR) is 129 cm³/mol. The minimum atomic E-state index is -0.284. The van der Waals surface area contributed by atoms with Crippen LogP contribution in [-0.4, -0.2) is 16.4 Å². The quantitative estimate of drug-likeness (QED) is 0.499. The van der Waals surface area contributed by atoms with Gasteiger partial charge in [0.05, 0.1) is 5.52 Å². The molecule has 2 aliphatic carbocycles. The standard InChI is InChI=1S/C29H29FN2O/c1-4-18-5-7-19(8-6-18)28(33)32-29(2,3)23-15-20-13-22(14-21(20)16-23)25-11-12-31-27-10-9-24(30)17-26(25)27/h1,5-12,17,20-23H,13-16H2,2-3H3,(H,32,33)/t20-,21+,22?,23?. The Balaban J connectivity index is 1.26. The smallest absolute Gasteiger partial charge is 0.251 e. The molecule has 2 fully saturated rings. The lowest BCUT2D eigenvalue weighted by Gasteiger charge is -2.34. The van der Waals surface area contributed by atoms with Crippen LogP contribution in [0.1, 0.15) is 66.9 Å². The highest BCUT2D eigenvalue weighted by atomic mass is 19.1. The number of pyridine rings is 1. The maximum atomic E-state index is 13.9. The average molecular weight is 441 g/mol. The first-order valence-electron chi connectivity index (χ1n) is 11.8. The van der Waals surface area contributed by atoms with Gasteiger partial charge in [-0.05, 0) is 117 Å². The number of nitrogens with one attached hydrogen (secondary N) is 1. The van der Waals surface area contributed by atoms with Crippen LogP contribution in [0.4, 0.5) is 4.39 Å². The van der Waals surface area contributed by atoms with Gasteiger partial charge in [-0.2, -0.15) is 0 Å². The van der Waals surface area contributed by atoms with E-state index in [0.29, 0.717) is 29.2 Å². The third-order valence-corrected chi connectivity index (χ3v) is 7.96. The van der Waals surface area contributed by atoms with Crippen LogP contribution in [0.25, 0.3) is 10.9 Å². The van der Waals surface area contributed by atoms with E-state index in [1.807, 2.05) is 6.20 Å². The van der Waals surface area contributed by atoms with Crippen LogP contribution in [0.2, 0.25) is 0 Å². The second-order valence-corrected chi connectivity index (χ2v) is 10.3. The lowest BCUT2D eigenvalue weighted by Crippen LogP contribution is -2.48. The molecular formula is C29H29FN2O. The van der Waals surface area contributed by atoms with Gasteiger partial charge >= 0.3 is 0 Å². The van der Waals surface area contributed by atoms with Gasteiger partial charge in [-0.15, -0.1) is 6.42 Å². The number of rotatable bonds is 4. The van der Waals surface area contributed by atoms with E-state index in [0.717, 1.165) is 42.1 Å². The van der Waals surface area contributed by atoms with E-state index in [2.05, 4.69) is 36.1 Å². The molecule has 3 nitrogen and oxygen atoms in total. The molecule has 1 amide bonds. The third-order valence-electron chi connectivity index (χ3n) is 7.96. The summed E-state index contributed by atoms with van der Waals surface area (Å²) in [5.41, 5.74) is 3.22. The van der Waals surface area contributed by atoms with Crippen molar-refractivity contribution < 1.29 is 9.18 Å². The third kappa shape index (κ3) is 4.13. The Morgan fingerprint density at radius 2 is 1.76 bits per heavy atom. The van der Waals surface area contributed by atoms with Crippen molar-refractivity contribution in [3.05, 3.63) is 77.2 Å². The van der Waals surface area contributed by atoms with E-state index in [9.17, 15) is 9.18 Å². The van der Waals surface area contributed by atoms with Gasteiger partial charge in [0.1, 0.15) is 5.82 Å². The zero-order valence-electron chi connectivity index (χ0n) is 19.1. The molecule has 168 valence electrons. The summed E-state index contributed by atoms with van der Waals surface area (Å²) in [4.78, 5) is 17.3. The number of aromatic nitrogens is 1. The van der Waals surface area contributed by atoms with Crippen LogP contribution in [0, 0.1) is 35.9 Å². The Bertz CT molecular complexity index is 1230. The van der Waals surface area contributed by atoms with Gasteiger partial charge in [0, 0.05) is 28.2 Å². The van der Waals surface area contributed by atoms with Crippen molar-refractivity contribution in [3.8, 4) is 12.3 Å². The Morgan fingerprint density at radius 3 is 2.42 bits per heavy atom. The minimum Gasteiger partial charge on any atom is -0.347 e. The summed E-state index contributed by atoms with van der Waals surface area (Å²) in [5.74, 6) is 4.49. The Morgan fingerprint density at radius 1 is 1.06 bits per heavy atom. The summed E-state index contributed by atoms with van der Waals surface area (Å²) in [5, 5.41) is 4.22. The molecule has 5 rings (SSSR count). The van der Waals surface area contributed by atoms with Crippen LogP contribution in [0.3, 0.4) is 0 Å². The predicted octanol–water partition coefficient (Wildman–Crippen LogP) is 6.08. The second-order valence-electron chi connectivity index (χ2n) is 10.3. The summed E-state index contributed by atoms with van der Waals surface area (Å²) in [7, 11) is 0. The normalized spacial score (nSPS) is 24.4. The lowest BCUT2D eigenvalue weighted by molar-refractivity contribution is 0.0877. The van der Waals surface area contributed by atoms with Crippen LogP contribution >= 0.6 is 0 Å². The SMILES string of the molecule is C#Cc1ccc(C(=O)NC(C)(C)C2C[C@H]3CC(c4ccnc5ccc(F)cc45)C[C@H]3C2)cc1. The number of hydrogen-bond acceptors (Lipinski definition) is 2. The first kappa shape index (κ1) is 21.6. The van der Waals surface area contributed by atoms with Crippen LogP contribution < -0.4 is 5.32 Å². The van der Waals surface area contributed by atoms with Crippen molar-refractivity contribution in [2.24, 2.45) is 17.8 Å². The molecular weight excluding hydrogens is 411 g/mol. The molecule has 3 aromatic rings. The number of fused-ring (bicyclic) bond motifs is 2. The second kappa shape index (κ2) is 8.30. The average Bonchev–Trinajstić information content (AvgIpc) is 3.38. The number of halogens is 1. The van der Waals surface area contributed by atoms with Gasteiger partial charge in [0.15, 0.2) is 0 Å². The number of carbonyl (C=O) groups is 1. The zero-order valence-corrected chi connectivity index (χ0v) is 19.1. The summed E-state index contributed by atoms with van der Waals surface area (Å²) >= 11 is 0. The van der Waals surface area contributed by atoms with Crippen LogP contribution in [0.15, 0.2) is 54.7 Å². The van der Waals surface area contributed by atoms with E-state index in [1.54, 1.807) is 36.4 Å². The molecule has 2 aliphatic rings. The Kier molecular flexibility index (Phi) is 5.44. The highest BCUT2D eigenvalue weighted by Gasteiger charge is 2.47. The molecule has 0 saturated heterocycles. The van der Waals surface area contributed by atoms with Gasteiger partial charge in [-0.25, -0.2) is 4.39 Å². The van der Waals surface area contributed by atoms with E-state index in [-0.39, 0.29) is 17.3 Å². The molecule has 1 aromatic heterocycles. The van der Waals surface area contributed by atoms with Gasteiger partial charge in [0.2, 0.25) is 0 Å². The first-order valence-corrected chi connectivity index (χ1v) is 11.8. The monoisotopic (exact) mass is 440 g/mol. The molecule has 1 heterocycles. The molecule has 1 N–H and O–H groups in total. The van der Waals surface area contributed by atoms with Gasteiger partial charge in [-0.1, -0.05) is 5.92 Å². The van der Waals surface area contributed by atoms with E-state index in [4.69, 9.17) is 6.42 Å². The number of nitrogens with zero attached hydrogens (tertiary/aromatic N) is 1. The molecule has 0 bridgehead atoms. The van der Waals surface area contributed by atoms with Gasteiger partial charge in [0.25, 0.3) is 5.91 Å². The molecule has 4 atom stereocenters. The molecule has 0 spiro atoms. The summed E-state index contributed by atoms with van der Waals surface area (Å²) in [6, 6.07) is 14.1. The maximum Gasteiger partial charge on any atom is 0.251 e. The lowest BCUT2D eigenvalue weighted by atomic mass is 9.82. The van der Waals surface area contributed by atoms with E-state index < -0.39 is 0 Å². The number of hydrogen-bond donors (Lipinski definition) is 1. The highest BCUT2D eigenvalue weighted by Crippen LogP contribution is 2.55. The van der Waals surface area contributed by atoms with E-state index in [1.165, 1.54) is 11.6 Å².